The van der Waals surface area contributed by atoms with Crippen LogP contribution in [0.4, 0.5) is 0 Å². The number of aromatic amines is 1. The number of likely N-dealkylation sites (tertiary alicyclic amines) is 1. The predicted molar refractivity (Wildman–Crippen MR) is 428 cm³/mol. The Morgan fingerprint density at radius 1 is 0.652 bits per heavy atom. The number of H-pyrrole nitrogens is 1. The van der Waals surface area contributed by atoms with E-state index in [2.05, 4.69) is 78.8 Å². The largest absolute Gasteiger partial charge is 0.394 e. The van der Waals surface area contributed by atoms with E-state index in [9.17, 15) is 62.6 Å². The van der Waals surface area contributed by atoms with Gasteiger partial charge in [-0.2, -0.15) is 0 Å². The Hall–Kier alpha value is -11.4. The zero-order valence-electron chi connectivity index (χ0n) is 66.3. The van der Waals surface area contributed by atoms with Gasteiger partial charge in [-0.25, -0.2) is 0 Å². The number of carbonyl (C=O) groups is 13. The molecular weight excluding hydrogens is 1480 g/mol. The molecule has 23 N–H and O–H groups in total. The molecule has 2 bridgehead atoms. The minimum Gasteiger partial charge on any atom is -0.394 e. The average molecular weight is 1600 g/mol. The number of aliphatic hydroxyl groups is 1. The second-order valence-electron chi connectivity index (χ2n) is 30.2. The van der Waals surface area contributed by atoms with E-state index in [4.69, 9.17) is 28.7 Å². The second kappa shape index (κ2) is 45.5. The topological polar surface area (TPSA) is 567 Å². The molecule has 36 nitrogen and oxygen atoms in total. The maximum Gasteiger partial charge on any atom is 0.246 e. The van der Waals surface area contributed by atoms with Crippen LogP contribution in [0.25, 0.3) is 10.9 Å². The highest BCUT2D eigenvalue weighted by Gasteiger charge is 2.42. The number of carbonyl (C=O) groups excluding carboxylic acids is 13. The number of hydrogen-bond donors (Lipinski definition) is 18. The summed E-state index contributed by atoms with van der Waals surface area (Å²) in [5, 5.41) is 50.0. The van der Waals surface area contributed by atoms with E-state index in [1.807, 2.05) is 62.4 Å². The highest BCUT2D eigenvalue weighted by Crippen LogP contribution is 2.24. The maximum absolute atomic E-state index is 15.3. The van der Waals surface area contributed by atoms with Crippen LogP contribution in [-0.2, 0) is 94.6 Å². The van der Waals surface area contributed by atoms with Crippen LogP contribution in [0.2, 0.25) is 0 Å². The number of rotatable bonds is 36. The van der Waals surface area contributed by atoms with Crippen molar-refractivity contribution >= 4 is 93.7 Å². The van der Waals surface area contributed by atoms with Crippen LogP contribution in [0.15, 0.2) is 102 Å². The van der Waals surface area contributed by atoms with Gasteiger partial charge in [0.25, 0.3) is 0 Å². The lowest BCUT2D eigenvalue weighted by Crippen LogP contribution is -2.61. The second-order valence-corrected chi connectivity index (χ2v) is 30.2. The summed E-state index contributed by atoms with van der Waals surface area (Å²) in [6, 6.07) is 9.02. The number of aliphatic hydroxyl groups excluding tert-OH is 1. The number of amides is 13. The molecule has 2 aliphatic rings. The van der Waals surface area contributed by atoms with Gasteiger partial charge in [0.1, 0.15) is 66.5 Å². The summed E-state index contributed by atoms with van der Waals surface area (Å²) >= 11 is 0. The molecule has 7 rings (SSSR count). The molecule has 0 spiro atoms. The van der Waals surface area contributed by atoms with Gasteiger partial charge in [-0.1, -0.05) is 132 Å². The van der Waals surface area contributed by atoms with Gasteiger partial charge >= 0.3 is 0 Å². The fraction of sp³-hybridized carbons (Fsp3) is 0.544. The summed E-state index contributed by atoms with van der Waals surface area (Å²) in [6.07, 6.45) is 4.91. The molecule has 2 aromatic heterocycles. The SMILES string of the molecule is CC[C@H](C)[C@H](NC(=O)[C@H](CCCN=C(N)N)NC(=O)CNC(=O)[C@H]1CCCCn2cc(nn2)C[C@H](NC(=O)[C@H](Cc2c[nH]c3ccccc23)NC(=O)[C@@H]2CCCN2C(=O)[C@@H](NC(=O)[C@@H](N)Cc2ccccc2)C(C)C)C(=O)N[C@@H](CO)C(=O)N[C@@H](CCCCN)C(=O)N[C@@H](Cc2ccccc2)C(=O)N1)C(=O)N[C@@H](CC(C)C)C(N)=O. The summed E-state index contributed by atoms with van der Waals surface area (Å²) in [7, 11) is 0. The van der Waals surface area contributed by atoms with E-state index in [1.165, 1.54) is 15.8 Å². The van der Waals surface area contributed by atoms with Crippen molar-refractivity contribution in [2.45, 2.75) is 223 Å². The van der Waals surface area contributed by atoms with Crippen molar-refractivity contribution in [1.82, 2.24) is 83.4 Å². The molecule has 5 aromatic rings. The Kier molecular flexibility index (Phi) is 35.9. The number of aromatic nitrogens is 4. The number of aliphatic imine (C=N–C) groups is 1. The summed E-state index contributed by atoms with van der Waals surface area (Å²) in [4.78, 5) is 195. The van der Waals surface area contributed by atoms with Crippen molar-refractivity contribution < 1.29 is 67.4 Å². The lowest BCUT2D eigenvalue weighted by molar-refractivity contribution is -0.143. The number of aryl methyl sites for hydroxylation is 1. The molecule has 2 aliphatic heterocycles. The van der Waals surface area contributed by atoms with Crippen molar-refractivity contribution in [3.05, 3.63) is 120 Å². The molecule has 0 saturated carbocycles. The predicted octanol–water partition coefficient (Wildman–Crippen LogP) is -2.10. The Morgan fingerprint density at radius 3 is 1.98 bits per heavy atom. The van der Waals surface area contributed by atoms with Crippen LogP contribution in [0.5, 0.6) is 0 Å². The molecule has 4 heterocycles. The number of nitrogens with two attached hydrogens (primary N) is 5. The molecule has 115 heavy (non-hydrogen) atoms. The standard InChI is InChI=1S/C79H116N22O14/c1-7-47(6)66(77(114)91-58(67(82)104)36-45(2)3)97-71(108)56(30-20-33-85-79(83)84)88-64(103)42-87-69(106)55-29-17-19-34-100-43-51(98-99-100)40-61(74(111)95-62(44-102)75(112)90-57(28-16-18-32-80)70(107)92-59(72(109)89-55)38-49-24-12-9-13-25-49)93-73(110)60(39-50-41-86-54-27-15-14-26-52(50)54)94-76(113)63-31-21-35-101(63)78(115)65(46(4)5)96-68(105)53(81)37-48-22-10-8-11-23-48/h8-15,22-27,41,43,45-47,53,55-63,65-66,86,102H,7,16-21,28-40,42,44,80-81H2,1-6H3,(H2,82,104)(H,87,106)(H,88,103)(H,89,109)(H,90,112)(H,91,114)(H,92,107)(H,93,110)(H,94,113)(H,95,111)(H,96,105)(H,97,108)(H4,83,84,85)/t47-,53-,55+,56-,57-,58-,59-,60-,61-,62-,63-,65-,66-/m0/s1. The van der Waals surface area contributed by atoms with Crippen molar-refractivity contribution in [2.75, 3.05) is 32.8 Å². The highest BCUT2D eigenvalue weighted by atomic mass is 16.3. The van der Waals surface area contributed by atoms with Gasteiger partial charge in [-0.3, -0.25) is 72.0 Å². The van der Waals surface area contributed by atoms with E-state index < -0.39 is 181 Å². The number of unbranched alkanes of at least 4 members (excludes halogenated alkanes) is 1. The van der Waals surface area contributed by atoms with Gasteiger partial charge in [0.05, 0.1) is 24.9 Å². The number of para-hydroxylation sites is 1. The fourth-order valence-electron chi connectivity index (χ4n) is 13.7. The lowest BCUT2D eigenvalue weighted by Gasteiger charge is -2.32. The number of benzene rings is 3. The average Bonchev–Trinajstić information content (AvgIpc) is 1.69. The third-order valence-electron chi connectivity index (χ3n) is 20.3. The van der Waals surface area contributed by atoms with Gasteiger partial charge in [0.15, 0.2) is 5.96 Å². The van der Waals surface area contributed by atoms with E-state index in [0.717, 1.165) is 5.56 Å². The minimum absolute atomic E-state index is 0.0280. The number of guanidine groups is 1. The van der Waals surface area contributed by atoms with Crippen LogP contribution < -0.4 is 87.2 Å². The first kappa shape index (κ1) is 90.8. The van der Waals surface area contributed by atoms with Crippen LogP contribution in [0.3, 0.4) is 0 Å². The zero-order chi connectivity index (χ0) is 83.8. The smallest absolute Gasteiger partial charge is 0.246 e. The molecule has 1 fully saturated rings. The Balaban J connectivity index is 1.16. The Labute approximate surface area is 668 Å². The number of hydrogen-bond acceptors (Lipinski definition) is 19. The summed E-state index contributed by atoms with van der Waals surface area (Å²) in [6.45, 7) is 9.45. The van der Waals surface area contributed by atoms with E-state index in [-0.39, 0.29) is 121 Å². The first-order valence-electron chi connectivity index (χ1n) is 39.5. The van der Waals surface area contributed by atoms with Crippen molar-refractivity contribution in [1.29, 1.82) is 0 Å². The fourth-order valence-corrected chi connectivity index (χ4v) is 13.7. The van der Waals surface area contributed by atoms with E-state index in [1.54, 1.807) is 70.3 Å². The number of nitrogens with one attached hydrogen (secondary N) is 12. The number of fused-ring (bicyclic) bond motifs is 3. The number of nitrogens with zero attached hydrogens (tertiary/aromatic N) is 5. The van der Waals surface area contributed by atoms with Gasteiger partial charge in [-0.15, -0.1) is 5.10 Å². The number of primary amides is 1. The molecule has 0 aliphatic carbocycles. The molecule has 36 heteroatoms. The van der Waals surface area contributed by atoms with Gasteiger partial charge in [0, 0.05) is 62.2 Å². The molecule has 13 amide bonds. The molecule has 1 saturated heterocycles. The molecule has 626 valence electrons. The summed E-state index contributed by atoms with van der Waals surface area (Å²) < 4.78 is 1.43. The van der Waals surface area contributed by atoms with Crippen LogP contribution >= 0.6 is 0 Å². The summed E-state index contributed by atoms with van der Waals surface area (Å²) in [5.41, 5.74) is 31.9. The van der Waals surface area contributed by atoms with Crippen molar-refractivity contribution in [3.63, 3.8) is 0 Å². The monoisotopic (exact) mass is 1600 g/mol. The Bertz CT molecular complexity index is 4130. The first-order valence-corrected chi connectivity index (χ1v) is 39.5. The minimum atomic E-state index is -1.80. The zero-order valence-corrected chi connectivity index (χ0v) is 66.3. The molecule has 0 unspecified atom stereocenters. The lowest BCUT2D eigenvalue weighted by atomic mass is 9.96. The molecule has 0 radical (unpaired) electrons. The molecule has 13 atom stereocenters. The van der Waals surface area contributed by atoms with Gasteiger partial charge in [-0.05, 0) is 124 Å². The third kappa shape index (κ3) is 28.3. The van der Waals surface area contributed by atoms with Crippen molar-refractivity contribution in [3.8, 4) is 0 Å². The van der Waals surface area contributed by atoms with E-state index >= 15 is 4.79 Å². The highest BCUT2D eigenvalue weighted by molar-refractivity contribution is 6.00. The molecular formula is C79H116N22O14. The summed E-state index contributed by atoms with van der Waals surface area (Å²) in [5.74, 6) is -11.6. The van der Waals surface area contributed by atoms with Crippen LogP contribution in [0, 0.1) is 17.8 Å². The van der Waals surface area contributed by atoms with Crippen LogP contribution in [0.1, 0.15) is 141 Å². The first-order chi connectivity index (χ1) is 55.0. The quantitative estimate of drug-likeness (QED) is 0.0116. The van der Waals surface area contributed by atoms with Crippen molar-refractivity contribution in [2.24, 2.45) is 51.4 Å². The van der Waals surface area contributed by atoms with Crippen LogP contribution in [-0.4, -0.2) is 218 Å². The molecule has 3 aromatic carbocycles. The Morgan fingerprint density at radius 2 is 1.31 bits per heavy atom. The van der Waals surface area contributed by atoms with Gasteiger partial charge in [0.2, 0.25) is 76.8 Å². The van der Waals surface area contributed by atoms with E-state index in [0.29, 0.717) is 41.3 Å². The normalized spacial score (nSPS) is 19.7. The van der Waals surface area contributed by atoms with Gasteiger partial charge < -0.3 is 102 Å². The maximum atomic E-state index is 15.3. The third-order valence-corrected chi connectivity index (χ3v) is 20.3.